The second-order valence-electron chi connectivity index (χ2n) is 5.03. The van der Waals surface area contributed by atoms with Crippen LogP contribution in [0.4, 0.5) is 0 Å². The van der Waals surface area contributed by atoms with Gasteiger partial charge in [0, 0.05) is 31.9 Å². The average Bonchev–Trinajstić information content (AvgIpc) is 2.88. The standard InChI is InChI=1S/C16H17Cl2NO2S/c1-10-3-4-13(22-10)9-19(5-6-20)16(21)12-7-14(17)11(2)15(18)8-12/h3-4,7-8,20H,5-6,9H2,1-2H3. The van der Waals surface area contributed by atoms with Gasteiger partial charge in [-0.05, 0) is 43.7 Å². The molecular weight excluding hydrogens is 341 g/mol. The largest absolute Gasteiger partial charge is 0.395 e. The summed E-state index contributed by atoms with van der Waals surface area (Å²) in [6.07, 6.45) is 0. The van der Waals surface area contributed by atoms with Crippen molar-refractivity contribution in [3.63, 3.8) is 0 Å². The Hall–Kier alpha value is -1.07. The zero-order valence-electron chi connectivity index (χ0n) is 12.4. The van der Waals surface area contributed by atoms with Gasteiger partial charge in [-0.15, -0.1) is 11.3 Å². The smallest absolute Gasteiger partial charge is 0.254 e. The Balaban J connectivity index is 2.26. The molecule has 6 heteroatoms. The molecule has 3 nitrogen and oxygen atoms in total. The highest BCUT2D eigenvalue weighted by Crippen LogP contribution is 2.27. The van der Waals surface area contributed by atoms with Crippen molar-refractivity contribution in [3.05, 3.63) is 55.2 Å². The van der Waals surface area contributed by atoms with E-state index >= 15 is 0 Å². The lowest BCUT2D eigenvalue weighted by atomic mass is 10.1. The van der Waals surface area contributed by atoms with Crippen molar-refractivity contribution in [1.29, 1.82) is 0 Å². The lowest BCUT2D eigenvalue weighted by molar-refractivity contribution is 0.0709. The molecule has 0 saturated carbocycles. The summed E-state index contributed by atoms with van der Waals surface area (Å²) in [4.78, 5) is 16.5. The Morgan fingerprint density at radius 1 is 1.23 bits per heavy atom. The van der Waals surface area contributed by atoms with E-state index in [0.717, 1.165) is 10.4 Å². The van der Waals surface area contributed by atoms with Gasteiger partial charge in [-0.25, -0.2) is 0 Å². The van der Waals surface area contributed by atoms with E-state index in [1.165, 1.54) is 4.88 Å². The zero-order valence-corrected chi connectivity index (χ0v) is 14.7. The minimum Gasteiger partial charge on any atom is -0.395 e. The van der Waals surface area contributed by atoms with E-state index in [9.17, 15) is 9.90 Å². The fourth-order valence-corrected chi connectivity index (χ4v) is 3.48. The quantitative estimate of drug-likeness (QED) is 0.865. The number of amides is 1. The summed E-state index contributed by atoms with van der Waals surface area (Å²) in [5.74, 6) is -0.191. The first kappa shape index (κ1) is 17.3. The molecule has 0 bridgehead atoms. The van der Waals surface area contributed by atoms with E-state index in [2.05, 4.69) is 0 Å². The number of hydrogen-bond acceptors (Lipinski definition) is 3. The Morgan fingerprint density at radius 3 is 2.36 bits per heavy atom. The van der Waals surface area contributed by atoms with Crippen LogP contribution in [-0.4, -0.2) is 29.1 Å². The lowest BCUT2D eigenvalue weighted by Crippen LogP contribution is -2.32. The molecule has 0 aliphatic carbocycles. The number of aryl methyl sites for hydroxylation is 1. The van der Waals surface area contributed by atoms with Crippen molar-refractivity contribution in [1.82, 2.24) is 4.90 Å². The summed E-state index contributed by atoms with van der Waals surface area (Å²) in [7, 11) is 0. The molecular formula is C16H17Cl2NO2S. The van der Waals surface area contributed by atoms with Crippen LogP contribution >= 0.6 is 34.5 Å². The summed E-state index contributed by atoms with van der Waals surface area (Å²) in [5, 5.41) is 10.2. The first-order valence-electron chi connectivity index (χ1n) is 6.83. The Morgan fingerprint density at radius 2 is 1.86 bits per heavy atom. The van der Waals surface area contributed by atoms with E-state index in [1.807, 2.05) is 19.1 Å². The first-order valence-corrected chi connectivity index (χ1v) is 8.40. The highest BCUT2D eigenvalue weighted by atomic mass is 35.5. The third-order valence-corrected chi connectivity index (χ3v) is 5.10. The van der Waals surface area contributed by atoms with Gasteiger partial charge >= 0.3 is 0 Å². The molecule has 0 atom stereocenters. The van der Waals surface area contributed by atoms with Gasteiger partial charge in [-0.1, -0.05) is 23.2 Å². The van der Waals surface area contributed by atoms with Crippen molar-refractivity contribution < 1.29 is 9.90 Å². The van der Waals surface area contributed by atoms with Crippen LogP contribution in [0.1, 0.15) is 25.7 Å². The van der Waals surface area contributed by atoms with Crippen molar-refractivity contribution in [2.75, 3.05) is 13.2 Å². The van der Waals surface area contributed by atoms with E-state index < -0.39 is 0 Å². The third-order valence-electron chi connectivity index (χ3n) is 3.33. The van der Waals surface area contributed by atoms with E-state index in [1.54, 1.807) is 35.3 Å². The maximum atomic E-state index is 12.7. The maximum absolute atomic E-state index is 12.7. The number of rotatable bonds is 5. The molecule has 0 saturated heterocycles. The summed E-state index contributed by atoms with van der Waals surface area (Å²) >= 11 is 13.8. The average molecular weight is 358 g/mol. The van der Waals surface area contributed by atoms with E-state index in [0.29, 0.717) is 22.2 Å². The number of carbonyl (C=O) groups is 1. The Labute approximate surface area is 144 Å². The molecule has 0 aliphatic heterocycles. The van der Waals surface area contributed by atoms with Crippen molar-refractivity contribution in [2.45, 2.75) is 20.4 Å². The van der Waals surface area contributed by atoms with Crippen molar-refractivity contribution >= 4 is 40.4 Å². The first-order chi connectivity index (χ1) is 10.4. The molecule has 1 aromatic heterocycles. The van der Waals surface area contributed by atoms with Gasteiger partial charge in [-0.3, -0.25) is 4.79 Å². The van der Waals surface area contributed by atoms with Gasteiger partial charge in [0.1, 0.15) is 0 Å². The van der Waals surface area contributed by atoms with E-state index in [4.69, 9.17) is 23.2 Å². The third kappa shape index (κ3) is 4.02. The maximum Gasteiger partial charge on any atom is 0.254 e. The fourth-order valence-electron chi connectivity index (χ4n) is 2.08. The molecule has 1 amide bonds. The van der Waals surface area contributed by atoms with Crippen LogP contribution in [0.15, 0.2) is 24.3 Å². The molecule has 0 fully saturated rings. The number of hydrogen-bond donors (Lipinski definition) is 1. The predicted molar refractivity (Wildman–Crippen MR) is 92.1 cm³/mol. The number of aliphatic hydroxyl groups is 1. The number of halogens is 2. The van der Waals surface area contributed by atoms with Crippen LogP contribution in [0.3, 0.4) is 0 Å². The van der Waals surface area contributed by atoms with Crippen LogP contribution in [-0.2, 0) is 6.54 Å². The number of benzene rings is 1. The van der Waals surface area contributed by atoms with Crippen molar-refractivity contribution in [3.8, 4) is 0 Å². The van der Waals surface area contributed by atoms with E-state index in [-0.39, 0.29) is 19.1 Å². The minimum absolute atomic E-state index is 0.0938. The Bertz CT molecular complexity index is 662. The summed E-state index contributed by atoms with van der Waals surface area (Å²) in [6.45, 7) is 4.45. The molecule has 0 aliphatic rings. The van der Waals surface area contributed by atoms with Gasteiger partial charge in [-0.2, -0.15) is 0 Å². The molecule has 2 aromatic rings. The molecule has 1 aromatic carbocycles. The van der Waals surface area contributed by atoms with Crippen LogP contribution in [0.25, 0.3) is 0 Å². The van der Waals surface area contributed by atoms with Crippen LogP contribution in [0, 0.1) is 13.8 Å². The highest BCUT2D eigenvalue weighted by Gasteiger charge is 2.18. The highest BCUT2D eigenvalue weighted by molar-refractivity contribution is 7.11. The normalized spacial score (nSPS) is 10.8. The summed E-state index contributed by atoms with van der Waals surface area (Å²) < 4.78 is 0. The van der Waals surface area contributed by atoms with Gasteiger partial charge in [0.05, 0.1) is 13.2 Å². The number of thiophene rings is 1. The SMILES string of the molecule is Cc1ccc(CN(CCO)C(=O)c2cc(Cl)c(C)c(Cl)c2)s1. The predicted octanol–water partition coefficient (Wildman–Crippen LogP) is 4.31. The number of nitrogens with zero attached hydrogens (tertiary/aromatic N) is 1. The second kappa shape index (κ2) is 7.47. The van der Waals surface area contributed by atoms with Crippen molar-refractivity contribution in [2.24, 2.45) is 0 Å². The van der Waals surface area contributed by atoms with Gasteiger partial charge in [0.25, 0.3) is 5.91 Å². The minimum atomic E-state index is -0.191. The Kier molecular flexibility index (Phi) is 5.87. The molecule has 2 rings (SSSR count). The molecule has 1 heterocycles. The molecule has 1 N–H and O–H groups in total. The molecule has 0 unspecified atom stereocenters. The molecule has 0 radical (unpaired) electrons. The van der Waals surface area contributed by atoms with Crippen LogP contribution < -0.4 is 0 Å². The topological polar surface area (TPSA) is 40.5 Å². The monoisotopic (exact) mass is 357 g/mol. The second-order valence-corrected chi connectivity index (χ2v) is 7.21. The van der Waals surface area contributed by atoms with Crippen LogP contribution in [0.2, 0.25) is 10.0 Å². The summed E-state index contributed by atoms with van der Waals surface area (Å²) in [5.41, 5.74) is 1.19. The number of carbonyl (C=O) groups excluding carboxylic acids is 1. The lowest BCUT2D eigenvalue weighted by Gasteiger charge is -2.21. The van der Waals surface area contributed by atoms with Gasteiger partial charge in [0.2, 0.25) is 0 Å². The molecule has 0 spiro atoms. The van der Waals surface area contributed by atoms with Gasteiger partial charge in [0.15, 0.2) is 0 Å². The number of aliphatic hydroxyl groups excluding tert-OH is 1. The fraction of sp³-hybridized carbons (Fsp3) is 0.312. The summed E-state index contributed by atoms with van der Waals surface area (Å²) in [6, 6.07) is 7.25. The van der Waals surface area contributed by atoms with Gasteiger partial charge < -0.3 is 10.0 Å². The molecule has 22 heavy (non-hydrogen) atoms. The zero-order chi connectivity index (χ0) is 16.3. The van der Waals surface area contributed by atoms with Crippen LogP contribution in [0.5, 0.6) is 0 Å². The molecule has 118 valence electrons.